The van der Waals surface area contributed by atoms with Gasteiger partial charge < -0.3 is 9.47 Å². The minimum absolute atomic E-state index is 0.0109. The van der Waals surface area contributed by atoms with Crippen molar-refractivity contribution >= 4 is 27.6 Å². The number of esters is 2. The average Bonchev–Trinajstić information content (AvgIpc) is 3.20. The molecule has 0 radical (unpaired) electrons. The Morgan fingerprint density at radius 2 is 1.68 bits per heavy atom. The molecular formula is C32H42O7S. The number of hydrogen-bond acceptors (Lipinski definition) is 7. The van der Waals surface area contributed by atoms with Crippen LogP contribution >= 0.6 is 0 Å². The molecule has 1 aromatic rings. The van der Waals surface area contributed by atoms with Gasteiger partial charge in [-0.1, -0.05) is 30.7 Å². The summed E-state index contributed by atoms with van der Waals surface area (Å²) in [5.41, 5.74) is -0.836. The second-order valence-corrected chi connectivity index (χ2v) is 15.8. The molecule has 7 atom stereocenters. The zero-order chi connectivity index (χ0) is 29.1. The molecule has 0 N–H and O–H groups in total. The largest absolute Gasteiger partial charge is 0.462 e. The summed E-state index contributed by atoms with van der Waals surface area (Å²) in [5, 5.41) is 0. The quantitative estimate of drug-likeness (QED) is 0.432. The second-order valence-electron chi connectivity index (χ2n) is 13.8. The molecule has 0 heterocycles. The number of ether oxygens (including phenoxy) is 2. The summed E-state index contributed by atoms with van der Waals surface area (Å²) >= 11 is 0. The third-order valence-corrected chi connectivity index (χ3v) is 12.2. The lowest BCUT2D eigenvalue weighted by Crippen LogP contribution is -2.57. The lowest BCUT2D eigenvalue weighted by Gasteiger charge is -2.57. The molecule has 0 saturated heterocycles. The minimum atomic E-state index is -3.66. The number of carbonyl (C=O) groups excluding carboxylic acids is 3. The molecule has 218 valence electrons. The Morgan fingerprint density at radius 1 is 0.975 bits per heavy atom. The molecule has 0 bridgehead atoms. The highest BCUT2D eigenvalue weighted by Crippen LogP contribution is 2.65. The lowest BCUT2D eigenvalue weighted by atomic mass is 9.47. The van der Waals surface area contributed by atoms with E-state index in [1.165, 1.54) is 6.92 Å². The van der Waals surface area contributed by atoms with E-state index in [1.54, 1.807) is 36.4 Å². The van der Waals surface area contributed by atoms with E-state index in [1.807, 2.05) is 20.8 Å². The van der Waals surface area contributed by atoms with Crippen molar-refractivity contribution in [3.63, 3.8) is 0 Å². The van der Waals surface area contributed by atoms with Crippen LogP contribution in [0.1, 0.15) is 79.6 Å². The number of hydrogen-bond donors (Lipinski definition) is 0. The average molecular weight is 571 g/mol. The van der Waals surface area contributed by atoms with E-state index in [2.05, 4.69) is 6.92 Å². The number of benzene rings is 1. The first-order valence-electron chi connectivity index (χ1n) is 14.6. The van der Waals surface area contributed by atoms with Crippen LogP contribution in [-0.4, -0.2) is 44.1 Å². The molecule has 40 heavy (non-hydrogen) atoms. The minimum Gasteiger partial charge on any atom is -0.462 e. The van der Waals surface area contributed by atoms with E-state index in [0.717, 1.165) is 18.4 Å². The maximum Gasteiger partial charge on any atom is 0.311 e. The molecule has 0 aliphatic heterocycles. The normalized spacial score (nSPS) is 35.6. The third kappa shape index (κ3) is 4.94. The van der Waals surface area contributed by atoms with Crippen molar-refractivity contribution in [2.45, 2.75) is 96.7 Å². The van der Waals surface area contributed by atoms with Gasteiger partial charge in [-0.15, -0.1) is 0 Å². The highest BCUT2D eigenvalue weighted by Gasteiger charge is 2.64. The molecule has 8 heteroatoms. The van der Waals surface area contributed by atoms with Crippen LogP contribution in [0.3, 0.4) is 0 Å². The molecule has 0 unspecified atom stereocenters. The van der Waals surface area contributed by atoms with Crippen molar-refractivity contribution in [3.8, 4) is 0 Å². The fraction of sp³-hybridized carbons (Fsp3) is 0.656. The second kappa shape index (κ2) is 10.1. The van der Waals surface area contributed by atoms with Gasteiger partial charge in [-0.25, -0.2) is 8.42 Å². The number of allylic oxidation sites excluding steroid dienone is 1. The Kier molecular flexibility index (Phi) is 7.33. The van der Waals surface area contributed by atoms with Crippen LogP contribution in [0, 0.1) is 34.0 Å². The molecular weight excluding hydrogens is 528 g/mol. The van der Waals surface area contributed by atoms with Crippen molar-refractivity contribution in [2.75, 3.05) is 5.75 Å². The predicted molar refractivity (Wildman–Crippen MR) is 150 cm³/mol. The smallest absolute Gasteiger partial charge is 0.311 e. The Hall–Kier alpha value is -2.48. The first-order chi connectivity index (χ1) is 18.7. The highest BCUT2D eigenvalue weighted by molar-refractivity contribution is 7.91. The van der Waals surface area contributed by atoms with Crippen LogP contribution in [-0.2, 0) is 33.7 Å². The maximum atomic E-state index is 13.9. The maximum absolute atomic E-state index is 13.9. The molecule has 0 amide bonds. The van der Waals surface area contributed by atoms with Gasteiger partial charge in [-0.05, 0) is 89.3 Å². The van der Waals surface area contributed by atoms with Crippen LogP contribution in [0.2, 0.25) is 0 Å². The number of sulfone groups is 1. The van der Waals surface area contributed by atoms with Gasteiger partial charge in [-0.2, -0.15) is 0 Å². The monoisotopic (exact) mass is 570 g/mol. The predicted octanol–water partition coefficient (Wildman–Crippen LogP) is 5.47. The van der Waals surface area contributed by atoms with E-state index < -0.39 is 20.7 Å². The van der Waals surface area contributed by atoms with Crippen molar-refractivity contribution in [1.29, 1.82) is 0 Å². The molecule has 3 saturated carbocycles. The highest BCUT2D eigenvalue weighted by atomic mass is 32.2. The molecule has 0 spiro atoms. The first kappa shape index (κ1) is 29.0. The Labute approximate surface area is 238 Å². The lowest BCUT2D eigenvalue weighted by molar-refractivity contribution is -0.169. The van der Waals surface area contributed by atoms with E-state index in [9.17, 15) is 22.8 Å². The standard InChI is InChI=1S/C32H42O7S/c1-20(33)38-22-13-16-32(19-40(36,37)23-9-7-6-8-10-23)21(17-22)18-26(34)28-24-11-12-27(39-29(35)30(2,3)4)31(24,5)15-14-25(28)32/h6-10,18,22,24-25,27-28H,11-17,19H2,1-5H3/t22-,24-,25-,27-,28-,31-,32+/m0/s1. The van der Waals surface area contributed by atoms with Crippen LogP contribution in [0.4, 0.5) is 0 Å². The summed E-state index contributed by atoms with van der Waals surface area (Å²) < 4.78 is 39.4. The van der Waals surface area contributed by atoms with Crippen molar-refractivity contribution in [3.05, 3.63) is 42.0 Å². The first-order valence-corrected chi connectivity index (χ1v) is 16.2. The number of rotatable bonds is 5. The van der Waals surface area contributed by atoms with E-state index in [4.69, 9.17) is 9.47 Å². The number of fused-ring (bicyclic) bond motifs is 5. The van der Waals surface area contributed by atoms with Crippen LogP contribution in [0.15, 0.2) is 46.9 Å². The molecule has 4 aliphatic rings. The summed E-state index contributed by atoms with van der Waals surface area (Å²) in [6.07, 6.45) is 5.50. The Morgan fingerprint density at radius 3 is 2.33 bits per heavy atom. The van der Waals surface area contributed by atoms with Gasteiger partial charge >= 0.3 is 11.9 Å². The van der Waals surface area contributed by atoms with Crippen LogP contribution in [0.25, 0.3) is 0 Å². The summed E-state index contributed by atoms with van der Waals surface area (Å²) in [6.45, 7) is 9.07. The Bertz CT molecular complexity index is 1320. The molecule has 5 rings (SSSR count). The van der Waals surface area contributed by atoms with Gasteiger partial charge in [0.25, 0.3) is 0 Å². The zero-order valence-corrected chi connectivity index (χ0v) is 25.1. The van der Waals surface area contributed by atoms with Gasteiger partial charge in [0.15, 0.2) is 15.6 Å². The van der Waals surface area contributed by atoms with E-state index in [0.29, 0.717) is 32.1 Å². The van der Waals surface area contributed by atoms with Gasteiger partial charge in [0.1, 0.15) is 12.2 Å². The van der Waals surface area contributed by atoms with E-state index >= 15 is 0 Å². The van der Waals surface area contributed by atoms with Crippen molar-refractivity contribution < 1.29 is 32.3 Å². The SMILES string of the molecule is CC(=O)O[C@H]1CC[C@@]2(CS(=O)(=O)c3ccccc3)C(=CC(=O)[C@@H]3[C@@H]2CC[C@]2(C)[C@@H](OC(=O)C(C)(C)C)CC[C@@H]32)C1. The fourth-order valence-corrected chi connectivity index (χ4v) is 10.2. The Balaban J connectivity index is 1.52. The number of carbonyl (C=O) groups is 3. The zero-order valence-electron chi connectivity index (χ0n) is 24.3. The van der Waals surface area contributed by atoms with E-state index in [-0.39, 0.29) is 63.7 Å². The molecule has 3 fully saturated rings. The number of ketones is 1. The summed E-state index contributed by atoms with van der Waals surface area (Å²) in [5.74, 6) is -1.07. The van der Waals surface area contributed by atoms with Crippen molar-refractivity contribution in [2.24, 2.45) is 34.0 Å². The topological polar surface area (TPSA) is 104 Å². The summed E-state index contributed by atoms with van der Waals surface area (Å²) in [6, 6.07) is 8.53. The summed E-state index contributed by atoms with van der Waals surface area (Å²) in [7, 11) is -3.66. The van der Waals surface area contributed by atoms with Gasteiger partial charge in [0.2, 0.25) is 0 Å². The van der Waals surface area contributed by atoms with Crippen molar-refractivity contribution in [1.82, 2.24) is 0 Å². The fourth-order valence-electron chi connectivity index (χ4n) is 8.29. The third-order valence-electron chi connectivity index (χ3n) is 10.3. The van der Waals surface area contributed by atoms with Crippen LogP contribution in [0.5, 0.6) is 0 Å². The molecule has 4 aliphatic carbocycles. The summed E-state index contributed by atoms with van der Waals surface area (Å²) in [4.78, 5) is 38.8. The van der Waals surface area contributed by atoms with Crippen LogP contribution < -0.4 is 0 Å². The molecule has 7 nitrogen and oxygen atoms in total. The molecule has 0 aromatic heterocycles. The van der Waals surface area contributed by atoms with Gasteiger partial charge in [0, 0.05) is 30.1 Å². The van der Waals surface area contributed by atoms with Gasteiger partial charge in [0.05, 0.1) is 16.1 Å². The van der Waals surface area contributed by atoms with Gasteiger partial charge in [-0.3, -0.25) is 14.4 Å². The molecule has 1 aromatic carbocycles.